The van der Waals surface area contributed by atoms with Gasteiger partial charge in [-0.1, -0.05) is 0 Å². The predicted octanol–water partition coefficient (Wildman–Crippen LogP) is -0.582. The van der Waals surface area contributed by atoms with Gasteiger partial charge in [0.1, 0.15) is 11.6 Å². The summed E-state index contributed by atoms with van der Waals surface area (Å²) in [5.41, 5.74) is 5.00. The van der Waals surface area contributed by atoms with Crippen LogP contribution in [0.25, 0.3) is 0 Å². The molecule has 0 aromatic rings. The maximum atomic E-state index is 11.4. The van der Waals surface area contributed by atoms with Crippen LogP contribution in [0.2, 0.25) is 0 Å². The van der Waals surface area contributed by atoms with Gasteiger partial charge in [-0.2, -0.15) is 0 Å². The number of carbonyl (C=O) groups excluding carboxylic acids is 2. The van der Waals surface area contributed by atoms with Gasteiger partial charge in [-0.15, -0.1) is 0 Å². The number of methoxy groups -OCH3 is 1. The quantitative estimate of drug-likeness (QED) is 0.616. The van der Waals surface area contributed by atoms with Crippen molar-refractivity contribution >= 4 is 11.9 Å². The van der Waals surface area contributed by atoms with Crippen molar-refractivity contribution in [1.29, 1.82) is 0 Å². The minimum Gasteiger partial charge on any atom is -0.468 e. The van der Waals surface area contributed by atoms with Crippen LogP contribution in [0.5, 0.6) is 0 Å². The first-order chi connectivity index (χ1) is 7.26. The first-order valence-corrected chi connectivity index (χ1v) is 5.02. The van der Waals surface area contributed by atoms with Crippen molar-refractivity contribution in [2.45, 2.75) is 32.4 Å². The lowest BCUT2D eigenvalue weighted by Crippen LogP contribution is -2.45. The molecule has 0 fully saturated rings. The van der Waals surface area contributed by atoms with Crippen molar-refractivity contribution in [2.24, 2.45) is 5.73 Å². The molecule has 0 aliphatic rings. The van der Waals surface area contributed by atoms with E-state index in [4.69, 9.17) is 10.5 Å². The lowest BCUT2D eigenvalue weighted by atomic mass is 10.2. The van der Waals surface area contributed by atoms with Gasteiger partial charge in [-0.25, -0.2) is 0 Å². The second-order valence-corrected chi connectivity index (χ2v) is 4.35. The number of ether oxygens (including phenoxy) is 2. The van der Waals surface area contributed by atoms with E-state index in [0.29, 0.717) is 0 Å². The van der Waals surface area contributed by atoms with Crippen LogP contribution in [0, 0.1) is 0 Å². The average molecular weight is 232 g/mol. The first-order valence-electron chi connectivity index (χ1n) is 5.02. The van der Waals surface area contributed by atoms with E-state index >= 15 is 0 Å². The molecule has 0 saturated heterocycles. The standard InChI is InChI=1S/C10H20N2O4/c1-10(2,3)16-9(14)7(11)5-12-6-8(13)15-4/h7,12H,5-6,11H2,1-4H3. The molecule has 0 aromatic carbocycles. The molecular weight excluding hydrogens is 212 g/mol. The van der Waals surface area contributed by atoms with Gasteiger partial charge in [0.2, 0.25) is 0 Å². The fourth-order valence-corrected chi connectivity index (χ4v) is 0.863. The molecule has 0 amide bonds. The second-order valence-electron chi connectivity index (χ2n) is 4.35. The highest BCUT2D eigenvalue weighted by Gasteiger charge is 2.21. The molecule has 1 unspecified atom stereocenters. The molecule has 0 heterocycles. The summed E-state index contributed by atoms with van der Waals surface area (Å²) >= 11 is 0. The largest absolute Gasteiger partial charge is 0.468 e. The summed E-state index contributed by atoms with van der Waals surface area (Å²) in [5.74, 6) is -0.902. The van der Waals surface area contributed by atoms with Crippen LogP contribution in [-0.4, -0.2) is 43.8 Å². The molecule has 6 nitrogen and oxygen atoms in total. The second kappa shape index (κ2) is 6.44. The highest BCUT2D eigenvalue weighted by atomic mass is 16.6. The Morgan fingerprint density at radius 3 is 2.38 bits per heavy atom. The Morgan fingerprint density at radius 2 is 1.94 bits per heavy atom. The maximum Gasteiger partial charge on any atom is 0.324 e. The van der Waals surface area contributed by atoms with E-state index in [9.17, 15) is 9.59 Å². The van der Waals surface area contributed by atoms with Crippen LogP contribution < -0.4 is 11.1 Å². The highest BCUT2D eigenvalue weighted by molar-refractivity contribution is 5.76. The Bertz CT molecular complexity index is 248. The molecule has 0 aliphatic carbocycles. The van der Waals surface area contributed by atoms with Crippen LogP contribution in [0.1, 0.15) is 20.8 Å². The topological polar surface area (TPSA) is 90.6 Å². The van der Waals surface area contributed by atoms with Gasteiger partial charge in [0, 0.05) is 6.54 Å². The summed E-state index contributed by atoms with van der Waals surface area (Å²) in [7, 11) is 1.29. The van der Waals surface area contributed by atoms with Gasteiger partial charge >= 0.3 is 11.9 Å². The van der Waals surface area contributed by atoms with Crippen molar-refractivity contribution in [3.8, 4) is 0 Å². The van der Waals surface area contributed by atoms with Crippen LogP contribution in [0.15, 0.2) is 0 Å². The summed E-state index contributed by atoms with van der Waals surface area (Å²) in [6.45, 7) is 5.48. The zero-order chi connectivity index (χ0) is 12.8. The third-order valence-electron chi connectivity index (χ3n) is 1.57. The molecule has 0 rings (SSSR count). The van der Waals surface area contributed by atoms with Gasteiger partial charge in [-0.3, -0.25) is 9.59 Å². The van der Waals surface area contributed by atoms with E-state index in [2.05, 4.69) is 10.1 Å². The summed E-state index contributed by atoms with van der Waals surface area (Å²) in [5, 5.41) is 2.70. The van der Waals surface area contributed by atoms with E-state index < -0.39 is 23.6 Å². The van der Waals surface area contributed by atoms with E-state index in [1.54, 1.807) is 20.8 Å². The minimum absolute atomic E-state index is 0.0208. The predicted molar refractivity (Wildman–Crippen MR) is 58.7 cm³/mol. The Balaban J connectivity index is 3.84. The maximum absolute atomic E-state index is 11.4. The lowest BCUT2D eigenvalue weighted by Gasteiger charge is -2.22. The van der Waals surface area contributed by atoms with Crippen molar-refractivity contribution < 1.29 is 19.1 Å². The molecule has 0 spiro atoms. The van der Waals surface area contributed by atoms with Gasteiger partial charge < -0.3 is 20.5 Å². The summed E-state index contributed by atoms with van der Waals surface area (Å²) < 4.78 is 9.48. The van der Waals surface area contributed by atoms with E-state index in [1.807, 2.05) is 0 Å². The third kappa shape index (κ3) is 7.19. The number of rotatable bonds is 5. The fraction of sp³-hybridized carbons (Fsp3) is 0.800. The fourth-order valence-electron chi connectivity index (χ4n) is 0.863. The molecule has 0 radical (unpaired) electrons. The lowest BCUT2D eigenvalue weighted by molar-refractivity contribution is -0.156. The SMILES string of the molecule is COC(=O)CNCC(N)C(=O)OC(C)(C)C. The molecule has 0 aromatic heterocycles. The van der Waals surface area contributed by atoms with Gasteiger partial charge in [0.25, 0.3) is 0 Å². The Hall–Kier alpha value is -1.14. The normalized spacial score (nSPS) is 13.1. The molecule has 3 N–H and O–H groups in total. The van der Waals surface area contributed by atoms with Crippen LogP contribution in [-0.2, 0) is 19.1 Å². The molecule has 6 heteroatoms. The number of nitrogens with two attached hydrogens (primary N) is 1. The molecular formula is C10H20N2O4. The molecule has 0 aliphatic heterocycles. The van der Waals surface area contributed by atoms with Crippen molar-refractivity contribution in [2.75, 3.05) is 20.2 Å². The Labute approximate surface area is 95.5 Å². The molecule has 0 saturated carbocycles. The zero-order valence-corrected chi connectivity index (χ0v) is 10.2. The first kappa shape index (κ1) is 14.9. The van der Waals surface area contributed by atoms with Crippen molar-refractivity contribution in [3.05, 3.63) is 0 Å². The molecule has 1 atom stereocenters. The van der Waals surface area contributed by atoms with Crippen LogP contribution >= 0.6 is 0 Å². The summed E-state index contributed by atoms with van der Waals surface area (Å²) in [6.07, 6.45) is 0. The average Bonchev–Trinajstić information content (AvgIpc) is 2.14. The number of nitrogens with one attached hydrogen (secondary N) is 1. The van der Waals surface area contributed by atoms with Crippen molar-refractivity contribution in [3.63, 3.8) is 0 Å². The number of hydrogen-bond acceptors (Lipinski definition) is 6. The van der Waals surface area contributed by atoms with Gasteiger partial charge in [0.05, 0.1) is 13.7 Å². The van der Waals surface area contributed by atoms with Gasteiger partial charge in [-0.05, 0) is 20.8 Å². The molecule has 16 heavy (non-hydrogen) atoms. The minimum atomic E-state index is -0.788. The number of carbonyl (C=O) groups is 2. The highest BCUT2D eigenvalue weighted by Crippen LogP contribution is 2.07. The van der Waals surface area contributed by atoms with Gasteiger partial charge in [0.15, 0.2) is 0 Å². The zero-order valence-electron chi connectivity index (χ0n) is 10.2. The summed E-state index contributed by atoms with van der Waals surface area (Å²) in [4.78, 5) is 22.2. The smallest absolute Gasteiger partial charge is 0.324 e. The van der Waals surface area contributed by atoms with Crippen LogP contribution in [0.4, 0.5) is 0 Å². The number of hydrogen-bond donors (Lipinski definition) is 2. The van der Waals surface area contributed by atoms with Crippen LogP contribution in [0.3, 0.4) is 0 Å². The third-order valence-corrected chi connectivity index (χ3v) is 1.57. The summed E-state index contributed by atoms with van der Waals surface area (Å²) in [6, 6.07) is -0.788. The Kier molecular flexibility index (Phi) is 5.98. The van der Waals surface area contributed by atoms with E-state index in [0.717, 1.165) is 0 Å². The molecule has 94 valence electrons. The monoisotopic (exact) mass is 232 g/mol. The molecule has 0 bridgehead atoms. The van der Waals surface area contributed by atoms with E-state index in [-0.39, 0.29) is 13.1 Å². The van der Waals surface area contributed by atoms with Crippen molar-refractivity contribution in [1.82, 2.24) is 5.32 Å². The van der Waals surface area contributed by atoms with E-state index in [1.165, 1.54) is 7.11 Å². The Morgan fingerprint density at radius 1 is 1.38 bits per heavy atom. The number of esters is 2.